The molecule has 0 aliphatic heterocycles. The zero-order valence-electron chi connectivity index (χ0n) is 10.1. The van der Waals surface area contributed by atoms with Crippen molar-refractivity contribution in [2.75, 3.05) is 17.6 Å². The number of nitrogens with one attached hydrogen (secondary N) is 1. The Labute approximate surface area is 105 Å². The molecule has 0 amide bonds. The van der Waals surface area contributed by atoms with Gasteiger partial charge in [-0.05, 0) is 6.07 Å². The van der Waals surface area contributed by atoms with Crippen LogP contribution in [0.25, 0.3) is 0 Å². The molecular formula is C12H14N6. The number of nitrogens with zero attached hydrogens (tertiary/aromatic N) is 4. The summed E-state index contributed by atoms with van der Waals surface area (Å²) < 4.78 is 1.96. The van der Waals surface area contributed by atoms with Crippen molar-refractivity contribution in [2.45, 2.75) is 6.42 Å². The number of nitriles is 1. The Bertz CT molecular complexity index is 580. The highest BCUT2D eigenvalue weighted by Crippen LogP contribution is 2.14. The van der Waals surface area contributed by atoms with E-state index < -0.39 is 0 Å². The van der Waals surface area contributed by atoms with E-state index in [0.717, 1.165) is 12.2 Å². The molecule has 2 heterocycles. The van der Waals surface area contributed by atoms with E-state index >= 15 is 0 Å². The molecule has 2 aromatic rings. The lowest BCUT2D eigenvalue weighted by Crippen LogP contribution is -2.10. The number of nitrogen functional groups attached to an aromatic ring is 1. The fourth-order valence-electron chi connectivity index (χ4n) is 1.64. The SMILES string of the molecule is Cn1ccnc1CCNc1ncc(N)cc1C#N. The van der Waals surface area contributed by atoms with Crippen molar-refractivity contribution in [1.82, 2.24) is 14.5 Å². The standard InChI is InChI=1S/C12H14N6/c1-18-5-4-15-11(18)2-3-16-12-9(7-13)6-10(14)8-17-12/h4-6,8H,2-3,14H2,1H3,(H,16,17). The van der Waals surface area contributed by atoms with Gasteiger partial charge in [0.05, 0.1) is 17.4 Å². The topological polar surface area (TPSA) is 92.6 Å². The molecule has 18 heavy (non-hydrogen) atoms. The summed E-state index contributed by atoms with van der Waals surface area (Å²) in [4.78, 5) is 8.33. The number of aromatic nitrogens is 3. The molecule has 0 aromatic carbocycles. The number of hydrogen-bond donors (Lipinski definition) is 2. The molecule has 0 saturated heterocycles. The molecule has 0 radical (unpaired) electrons. The number of hydrogen-bond acceptors (Lipinski definition) is 5. The first kappa shape index (κ1) is 11.9. The highest BCUT2D eigenvalue weighted by molar-refractivity contribution is 5.57. The maximum Gasteiger partial charge on any atom is 0.144 e. The number of pyridine rings is 1. The van der Waals surface area contributed by atoms with Gasteiger partial charge in [-0.3, -0.25) is 0 Å². The summed E-state index contributed by atoms with van der Waals surface area (Å²) in [6.07, 6.45) is 5.96. The van der Waals surface area contributed by atoms with E-state index in [1.54, 1.807) is 12.3 Å². The fourth-order valence-corrected chi connectivity index (χ4v) is 1.64. The maximum absolute atomic E-state index is 8.97. The molecular weight excluding hydrogens is 228 g/mol. The second-order valence-electron chi connectivity index (χ2n) is 3.91. The molecule has 0 fully saturated rings. The van der Waals surface area contributed by atoms with Crippen LogP contribution in [0.2, 0.25) is 0 Å². The van der Waals surface area contributed by atoms with E-state index in [1.807, 2.05) is 17.8 Å². The molecule has 3 N–H and O–H groups in total. The van der Waals surface area contributed by atoms with Gasteiger partial charge < -0.3 is 15.6 Å². The highest BCUT2D eigenvalue weighted by Gasteiger charge is 2.04. The van der Waals surface area contributed by atoms with Gasteiger partial charge in [0.25, 0.3) is 0 Å². The summed E-state index contributed by atoms with van der Waals surface area (Å²) in [6, 6.07) is 3.67. The van der Waals surface area contributed by atoms with Crippen molar-refractivity contribution in [2.24, 2.45) is 7.05 Å². The lowest BCUT2D eigenvalue weighted by molar-refractivity contribution is 0.788. The number of imidazole rings is 1. The third-order valence-corrected chi connectivity index (χ3v) is 2.59. The second-order valence-corrected chi connectivity index (χ2v) is 3.91. The summed E-state index contributed by atoms with van der Waals surface area (Å²) in [5.41, 5.74) is 6.51. The van der Waals surface area contributed by atoms with Crippen molar-refractivity contribution in [3.05, 3.63) is 36.0 Å². The molecule has 0 bridgehead atoms. The monoisotopic (exact) mass is 242 g/mol. The quantitative estimate of drug-likeness (QED) is 0.831. The molecule has 0 saturated carbocycles. The average molecular weight is 242 g/mol. The lowest BCUT2D eigenvalue weighted by atomic mass is 10.2. The minimum absolute atomic E-state index is 0.454. The Morgan fingerprint density at radius 3 is 3.00 bits per heavy atom. The molecule has 0 atom stereocenters. The number of rotatable bonds is 4. The summed E-state index contributed by atoms with van der Waals surface area (Å²) in [5.74, 6) is 1.54. The summed E-state index contributed by atoms with van der Waals surface area (Å²) in [5, 5.41) is 12.1. The Hall–Kier alpha value is -2.55. The van der Waals surface area contributed by atoms with Crippen LogP contribution in [-0.4, -0.2) is 21.1 Å². The van der Waals surface area contributed by atoms with Gasteiger partial charge >= 0.3 is 0 Å². The molecule has 0 aliphatic carbocycles. The Kier molecular flexibility index (Phi) is 3.44. The van der Waals surface area contributed by atoms with Gasteiger partial charge in [-0.15, -0.1) is 0 Å². The molecule has 0 unspecified atom stereocenters. The number of nitrogens with two attached hydrogens (primary N) is 1. The molecule has 6 nitrogen and oxygen atoms in total. The third kappa shape index (κ3) is 2.58. The van der Waals surface area contributed by atoms with E-state index in [4.69, 9.17) is 11.0 Å². The van der Waals surface area contributed by atoms with E-state index in [9.17, 15) is 0 Å². The van der Waals surface area contributed by atoms with Crippen molar-refractivity contribution in [3.63, 3.8) is 0 Å². The first-order chi connectivity index (χ1) is 8.70. The normalized spacial score (nSPS) is 10.0. The van der Waals surface area contributed by atoms with E-state index in [2.05, 4.69) is 21.4 Å². The zero-order valence-corrected chi connectivity index (χ0v) is 10.1. The maximum atomic E-state index is 8.97. The van der Waals surface area contributed by atoms with Gasteiger partial charge in [-0.1, -0.05) is 0 Å². The highest BCUT2D eigenvalue weighted by atomic mass is 15.0. The number of anilines is 2. The van der Waals surface area contributed by atoms with E-state index in [0.29, 0.717) is 23.6 Å². The summed E-state index contributed by atoms with van der Waals surface area (Å²) >= 11 is 0. The predicted molar refractivity (Wildman–Crippen MR) is 68.8 cm³/mol. The third-order valence-electron chi connectivity index (χ3n) is 2.59. The van der Waals surface area contributed by atoms with Crippen LogP contribution in [0, 0.1) is 11.3 Å². The van der Waals surface area contributed by atoms with Crippen LogP contribution in [0.15, 0.2) is 24.7 Å². The van der Waals surface area contributed by atoms with Crippen LogP contribution in [0.4, 0.5) is 11.5 Å². The second kappa shape index (κ2) is 5.19. The predicted octanol–water partition coefficient (Wildman–Crippen LogP) is 0.924. The van der Waals surface area contributed by atoms with Crippen molar-refractivity contribution >= 4 is 11.5 Å². The van der Waals surface area contributed by atoms with Crippen LogP contribution in [0.3, 0.4) is 0 Å². The minimum atomic E-state index is 0.454. The molecule has 92 valence electrons. The van der Waals surface area contributed by atoms with Gasteiger partial charge in [0.1, 0.15) is 17.7 Å². The Morgan fingerprint density at radius 2 is 2.33 bits per heavy atom. The molecule has 2 rings (SSSR count). The smallest absolute Gasteiger partial charge is 0.144 e. The van der Waals surface area contributed by atoms with Gasteiger partial charge in [-0.2, -0.15) is 5.26 Å². The lowest BCUT2D eigenvalue weighted by Gasteiger charge is -2.07. The molecule has 0 aliphatic rings. The van der Waals surface area contributed by atoms with Crippen LogP contribution in [0.5, 0.6) is 0 Å². The van der Waals surface area contributed by atoms with Gasteiger partial charge in [-0.25, -0.2) is 9.97 Å². The average Bonchev–Trinajstić information content (AvgIpc) is 2.77. The molecule has 2 aromatic heterocycles. The Balaban J connectivity index is 1.99. The Morgan fingerprint density at radius 1 is 1.50 bits per heavy atom. The van der Waals surface area contributed by atoms with Crippen LogP contribution in [-0.2, 0) is 13.5 Å². The van der Waals surface area contributed by atoms with Gasteiger partial charge in [0.2, 0.25) is 0 Å². The van der Waals surface area contributed by atoms with E-state index in [1.165, 1.54) is 6.20 Å². The van der Waals surface area contributed by atoms with Gasteiger partial charge in [0.15, 0.2) is 0 Å². The molecule has 6 heteroatoms. The van der Waals surface area contributed by atoms with Crippen molar-refractivity contribution in [1.29, 1.82) is 5.26 Å². The largest absolute Gasteiger partial charge is 0.397 e. The first-order valence-corrected chi connectivity index (χ1v) is 5.56. The fraction of sp³-hybridized carbons (Fsp3) is 0.250. The summed E-state index contributed by atoms with van der Waals surface area (Å²) in [7, 11) is 1.95. The summed E-state index contributed by atoms with van der Waals surface area (Å²) in [6.45, 7) is 0.663. The van der Waals surface area contributed by atoms with Crippen LogP contribution in [0.1, 0.15) is 11.4 Å². The van der Waals surface area contributed by atoms with E-state index in [-0.39, 0.29) is 0 Å². The minimum Gasteiger partial charge on any atom is -0.397 e. The van der Waals surface area contributed by atoms with Crippen molar-refractivity contribution in [3.8, 4) is 6.07 Å². The first-order valence-electron chi connectivity index (χ1n) is 5.56. The van der Waals surface area contributed by atoms with Crippen molar-refractivity contribution < 1.29 is 0 Å². The zero-order chi connectivity index (χ0) is 13.0. The van der Waals surface area contributed by atoms with Crippen LogP contribution < -0.4 is 11.1 Å². The molecule has 0 spiro atoms. The van der Waals surface area contributed by atoms with Gasteiger partial charge in [0, 0.05) is 32.4 Å². The van der Waals surface area contributed by atoms with Crippen LogP contribution >= 0.6 is 0 Å². The number of aryl methyl sites for hydroxylation is 1.